The lowest BCUT2D eigenvalue weighted by molar-refractivity contribution is 0.0529. The summed E-state index contributed by atoms with van der Waals surface area (Å²) in [5.74, 6) is -1.02. The Labute approximate surface area is 199 Å². The number of aromatic nitrogens is 2. The largest absolute Gasteiger partial charge is 0.504 e. The van der Waals surface area contributed by atoms with Crippen LogP contribution in [0.3, 0.4) is 0 Å². The van der Waals surface area contributed by atoms with Crippen molar-refractivity contribution in [3.8, 4) is 11.4 Å². The van der Waals surface area contributed by atoms with Crippen LogP contribution in [0.25, 0.3) is 5.69 Å². The summed E-state index contributed by atoms with van der Waals surface area (Å²) in [6.45, 7) is 3.61. The predicted molar refractivity (Wildman–Crippen MR) is 132 cm³/mol. The zero-order valence-corrected chi connectivity index (χ0v) is 19.7. The van der Waals surface area contributed by atoms with E-state index in [1.54, 1.807) is 25.6 Å². The SMILES string of the molecule is CCOC(=O)c1sc(Nc2ccccc2)c(N=Nc2c(C)n(C)n(-c3ccccc3)c2=O)c1O. The fraction of sp³-hybridized carbons (Fsp3) is 0.167. The average Bonchev–Trinajstić information content (AvgIpc) is 3.26. The van der Waals surface area contributed by atoms with Crippen LogP contribution in [0.15, 0.2) is 75.7 Å². The summed E-state index contributed by atoms with van der Waals surface area (Å²) in [7, 11) is 1.76. The van der Waals surface area contributed by atoms with E-state index in [0.29, 0.717) is 16.4 Å². The van der Waals surface area contributed by atoms with Crippen LogP contribution < -0.4 is 10.9 Å². The van der Waals surface area contributed by atoms with Crippen LogP contribution in [-0.2, 0) is 11.8 Å². The molecule has 174 valence electrons. The Morgan fingerprint density at radius 3 is 2.32 bits per heavy atom. The summed E-state index contributed by atoms with van der Waals surface area (Å²) in [5.41, 5.74) is 1.83. The highest BCUT2D eigenvalue weighted by Gasteiger charge is 2.25. The van der Waals surface area contributed by atoms with Gasteiger partial charge in [-0.15, -0.1) is 21.6 Å². The van der Waals surface area contributed by atoms with Gasteiger partial charge in [0.25, 0.3) is 5.56 Å². The number of esters is 1. The molecule has 0 unspecified atom stereocenters. The Bertz CT molecular complexity index is 1400. The molecule has 0 aliphatic heterocycles. The maximum Gasteiger partial charge on any atom is 0.352 e. The van der Waals surface area contributed by atoms with Gasteiger partial charge in [0.05, 0.1) is 18.0 Å². The van der Waals surface area contributed by atoms with Gasteiger partial charge in [0.15, 0.2) is 22.0 Å². The van der Waals surface area contributed by atoms with Crippen molar-refractivity contribution in [3.63, 3.8) is 0 Å². The van der Waals surface area contributed by atoms with Gasteiger partial charge in [-0.1, -0.05) is 36.4 Å². The maximum absolute atomic E-state index is 13.1. The third-order valence-electron chi connectivity index (χ3n) is 5.12. The van der Waals surface area contributed by atoms with Gasteiger partial charge < -0.3 is 15.2 Å². The van der Waals surface area contributed by atoms with Crippen LogP contribution in [0.4, 0.5) is 22.1 Å². The van der Waals surface area contributed by atoms with E-state index in [1.807, 2.05) is 60.7 Å². The third-order valence-corrected chi connectivity index (χ3v) is 6.19. The molecule has 34 heavy (non-hydrogen) atoms. The van der Waals surface area contributed by atoms with Crippen LogP contribution in [0.5, 0.6) is 5.75 Å². The van der Waals surface area contributed by atoms with Crippen molar-refractivity contribution in [1.29, 1.82) is 0 Å². The first-order chi connectivity index (χ1) is 16.4. The summed E-state index contributed by atoms with van der Waals surface area (Å²) in [4.78, 5) is 25.5. The molecule has 0 fully saturated rings. The topological polar surface area (TPSA) is 110 Å². The number of hydrogen-bond acceptors (Lipinski definition) is 8. The smallest absolute Gasteiger partial charge is 0.352 e. The quantitative estimate of drug-likeness (QED) is 0.266. The van der Waals surface area contributed by atoms with Gasteiger partial charge in [0.1, 0.15) is 5.00 Å². The highest BCUT2D eigenvalue weighted by Crippen LogP contribution is 2.47. The lowest BCUT2D eigenvalue weighted by Gasteiger charge is -2.07. The minimum atomic E-state index is -0.662. The Morgan fingerprint density at radius 1 is 1.06 bits per heavy atom. The number of hydrogen-bond donors (Lipinski definition) is 2. The molecule has 0 atom stereocenters. The number of thiophene rings is 1. The van der Waals surface area contributed by atoms with E-state index in [-0.39, 0.29) is 34.2 Å². The molecule has 2 aromatic carbocycles. The molecule has 2 heterocycles. The number of carbonyl (C=O) groups is 1. The molecule has 0 amide bonds. The number of rotatable bonds is 7. The second kappa shape index (κ2) is 9.75. The summed E-state index contributed by atoms with van der Waals surface area (Å²) in [6, 6.07) is 18.4. The van der Waals surface area contributed by atoms with E-state index in [1.165, 1.54) is 4.68 Å². The van der Waals surface area contributed by atoms with Gasteiger partial charge in [-0.05, 0) is 38.1 Å². The first kappa shape index (κ1) is 23.0. The molecule has 4 aromatic rings. The summed E-state index contributed by atoms with van der Waals surface area (Å²) in [5, 5.41) is 22.7. The van der Waals surface area contributed by atoms with Crippen LogP contribution >= 0.6 is 11.3 Å². The van der Waals surface area contributed by atoms with Crippen LogP contribution in [0.1, 0.15) is 22.3 Å². The minimum absolute atomic E-state index is 0.000659. The average molecular weight is 478 g/mol. The molecule has 0 spiro atoms. The molecule has 0 aliphatic carbocycles. The van der Waals surface area contributed by atoms with Crippen molar-refractivity contribution in [2.75, 3.05) is 11.9 Å². The summed E-state index contributed by atoms with van der Waals surface area (Å²) in [6.07, 6.45) is 0. The van der Waals surface area contributed by atoms with Gasteiger partial charge in [0, 0.05) is 12.7 Å². The molecule has 0 saturated heterocycles. The number of nitrogens with zero attached hydrogens (tertiary/aromatic N) is 4. The first-order valence-electron chi connectivity index (χ1n) is 10.5. The van der Waals surface area contributed by atoms with E-state index in [9.17, 15) is 14.7 Å². The monoisotopic (exact) mass is 477 g/mol. The molecule has 0 saturated carbocycles. The Morgan fingerprint density at radius 2 is 1.68 bits per heavy atom. The second-order valence-corrected chi connectivity index (χ2v) is 8.30. The Balaban J connectivity index is 1.78. The van der Waals surface area contributed by atoms with Gasteiger partial charge in [-0.3, -0.25) is 9.48 Å². The number of ether oxygens (including phenoxy) is 1. The first-order valence-corrected chi connectivity index (χ1v) is 11.3. The fourth-order valence-corrected chi connectivity index (χ4v) is 4.29. The fourth-order valence-electron chi connectivity index (χ4n) is 3.35. The number of anilines is 2. The number of nitrogens with one attached hydrogen (secondary N) is 1. The van der Waals surface area contributed by atoms with Crippen molar-refractivity contribution in [3.05, 3.63) is 81.6 Å². The molecule has 0 radical (unpaired) electrons. The van der Waals surface area contributed by atoms with Crippen LogP contribution in [0, 0.1) is 6.92 Å². The minimum Gasteiger partial charge on any atom is -0.504 e. The Kier molecular flexibility index (Phi) is 6.60. The highest BCUT2D eigenvalue weighted by atomic mass is 32.1. The molecule has 9 nitrogen and oxygen atoms in total. The number of azo groups is 1. The number of carbonyl (C=O) groups excluding carboxylic acids is 1. The molecule has 2 aromatic heterocycles. The van der Waals surface area contributed by atoms with Crippen molar-refractivity contribution in [1.82, 2.24) is 9.36 Å². The zero-order chi connectivity index (χ0) is 24.2. The maximum atomic E-state index is 13.1. The van der Waals surface area contributed by atoms with E-state index < -0.39 is 5.97 Å². The van der Waals surface area contributed by atoms with Crippen molar-refractivity contribution >= 4 is 39.4 Å². The standard InChI is InChI=1S/C24H23N5O4S/c1-4-33-24(32)21-20(30)19(22(34-21)25-16-11-7-5-8-12-16)27-26-18-15(2)28(3)29(23(18)31)17-13-9-6-10-14-17/h5-14,25,30H,4H2,1-3H3. The van der Waals surface area contributed by atoms with Gasteiger partial charge in [-0.25, -0.2) is 9.48 Å². The number of benzene rings is 2. The lowest BCUT2D eigenvalue weighted by atomic mass is 10.3. The molecule has 0 aliphatic rings. The second-order valence-electron chi connectivity index (χ2n) is 7.28. The van der Waals surface area contributed by atoms with Gasteiger partial charge >= 0.3 is 5.97 Å². The van der Waals surface area contributed by atoms with Crippen molar-refractivity contribution in [2.24, 2.45) is 17.3 Å². The van der Waals surface area contributed by atoms with Crippen molar-refractivity contribution < 1.29 is 14.6 Å². The zero-order valence-electron chi connectivity index (χ0n) is 18.8. The predicted octanol–water partition coefficient (Wildman–Crippen LogP) is 5.59. The molecule has 0 bridgehead atoms. The van der Waals surface area contributed by atoms with Crippen LogP contribution in [-0.4, -0.2) is 27.0 Å². The van der Waals surface area contributed by atoms with Crippen LogP contribution in [0.2, 0.25) is 0 Å². The van der Waals surface area contributed by atoms with E-state index >= 15 is 0 Å². The highest BCUT2D eigenvalue weighted by molar-refractivity contribution is 7.19. The lowest BCUT2D eigenvalue weighted by Crippen LogP contribution is -2.19. The number of aromatic hydroxyl groups is 1. The van der Waals surface area contributed by atoms with Gasteiger partial charge in [-0.2, -0.15) is 0 Å². The van der Waals surface area contributed by atoms with Crippen molar-refractivity contribution in [2.45, 2.75) is 13.8 Å². The molecular formula is C24H23N5O4S. The summed E-state index contributed by atoms with van der Waals surface area (Å²) >= 11 is 1.000. The third kappa shape index (κ3) is 4.35. The van der Waals surface area contributed by atoms with E-state index in [0.717, 1.165) is 17.0 Å². The molecule has 10 heteroatoms. The Hall–Kier alpha value is -4.18. The van der Waals surface area contributed by atoms with E-state index in [4.69, 9.17) is 4.74 Å². The summed E-state index contributed by atoms with van der Waals surface area (Å²) < 4.78 is 8.23. The molecular weight excluding hydrogens is 454 g/mol. The molecule has 4 rings (SSSR count). The normalized spacial score (nSPS) is 11.1. The van der Waals surface area contributed by atoms with E-state index in [2.05, 4.69) is 15.5 Å². The number of para-hydroxylation sites is 2. The molecule has 2 N–H and O–H groups in total. The van der Waals surface area contributed by atoms with Gasteiger partial charge in [0.2, 0.25) is 0 Å².